The van der Waals surface area contributed by atoms with Crippen molar-refractivity contribution >= 4 is 55.3 Å². The number of halogens is 2. The van der Waals surface area contributed by atoms with Crippen molar-refractivity contribution in [3.8, 4) is 16.9 Å². The van der Waals surface area contributed by atoms with E-state index in [0.29, 0.717) is 10.0 Å². The van der Waals surface area contributed by atoms with Crippen LogP contribution in [0.4, 0.5) is 11.4 Å². The van der Waals surface area contributed by atoms with E-state index in [1.807, 2.05) is 18.2 Å². The van der Waals surface area contributed by atoms with Gasteiger partial charge in [-0.15, -0.1) is 0 Å². The van der Waals surface area contributed by atoms with Gasteiger partial charge >= 0.3 is 0 Å². The highest BCUT2D eigenvalue weighted by atomic mass is 35.5. The van der Waals surface area contributed by atoms with Crippen molar-refractivity contribution in [1.82, 2.24) is 0 Å². The Kier molecular flexibility index (Phi) is 4.51. The Labute approximate surface area is 169 Å². The molecule has 4 rings (SSSR count). The molecule has 3 aromatic rings. The molecule has 134 valence electrons. The van der Waals surface area contributed by atoms with Crippen molar-refractivity contribution in [1.29, 1.82) is 0 Å². The van der Waals surface area contributed by atoms with Crippen LogP contribution in [0.5, 0.6) is 5.75 Å². The highest BCUT2D eigenvalue weighted by molar-refractivity contribution is 7.68. The molecule has 0 bridgehead atoms. The van der Waals surface area contributed by atoms with E-state index < -0.39 is 0 Å². The first-order valence-electron chi connectivity index (χ1n) is 7.98. The first-order chi connectivity index (χ1) is 12.4. The second kappa shape index (κ2) is 6.57. The van der Waals surface area contributed by atoms with E-state index in [4.69, 9.17) is 32.9 Å². The van der Waals surface area contributed by atoms with E-state index in [9.17, 15) is 0 Å². The van der Waals surface area contributed by atoms with Crippen LogP contribution < -0.4 is 14.7 Å². The summed E-state index contributed by atoms with van der Waals surface area (Å²) in [6, 6.07) is 11.4. The summed E-state index contributed by atoms with van der Waals surface area (Å²) in [6.07, 6.45) is 0. The zero-order chi connectivity index (χ0) is 18.5. The number of benzene rings is 2. The number of nitrogens with one attached hydrogen (secondary N) is 1. The Morgan fingerprint density at radius 1 is 1.04 bits per heavy atom. The molecule has 0 aliphatic carbocycles. The van der Waals surface area contributed by atoms with Gasteiger partial charge < -0.3 is 10.1 Å². The van der Waals surface area contributed by atoms with Crippen LogP contribution in [0.3, 0.4) is 0 Å². The Balaban J connectivity index is 1.98. The fraction of sp³-hybridized carbons (Fsp3) is 0.211. The van der Waals surface area contributed by atoms with Crippen molar-refractivity contribution in [2.45, 2.75) is 19.4 Å². The summed E-state index contributed by atoms with van der Waals surface area (Å²) in [5, 5.41) is 4.77. The van der Waals surface area contributed by atoms with E-state index in [0.717, 1.165) is 32.9 Å². The number of anilines is 1. The average Bonchev–Trinajstić information content (AvgIpc) is 2.98. The summed E-state index contributed by atoms with van der Waals surface area (Å²) < 4.78 is 6.38. The van der Waals surface area contributed by atoms with Gasteiger partial charge in [0.05, 0.1) is 23.2 Å². The van der Waals surface area contributed by atoms with Crippen LogP contribution in [0.1, 0.15) is 18.7 Å². The molecule has 1 aliphatic heterocycles. The third kappa shape index (κ3) is 3.14. The minimum absolute atomic E-state index is 0.169. The van der Waals surface area contributed by atoms with Gasteiger partial charge in [0.1, 0.15) is 10.4 Å². The van der Waals surface area contributed by atoms with E-state index in [2.05, 4.69) is 31.3 Å². The quantitative estimate of drug-likeness (QED) is 0.466. The van der Waals surface area contributed by atoms with Gasteiger partial charge in [-0.2, -0.15) is 0 Å². The predicted octanol–water partition coefficient (Wildman–Crippen LogP) is 6.69. The van der Waals surface area contributed by atoms with Gasteiger partial charge in [-0.05, 0) is 50.2 Å². The van der Waals surface area contributed by atoms with Gasteiger partial charge in [0.25, 0.3) is 0 Å². The first-order valence-corrected chi connectivity index (χ1v) is 10.9. The molecule has 0 amide bonds. The maximum absolute atomic E-state index is 6.13. The normalized spacial score (nSPS) is 15.2. The first kappa shape index (κ1) is 17.9. The van der Waals surface area contributed by atoms with Crippen molar-refractivity contribution in [2.24, 2.45) is 4.99 Å². The fourth-order valence-electron chi connectivity index (χ4n) is 3.07. The summed E-state index contributed by atoms with van der Waals surface area (Å²) in [4.78, 5) is 6.11. The summed E-state index contributed by atoms with van der Waals surface area (Å²) in [5.41, 5.74) is 3.91. The van der Waals surface area contributed by atoms with Crippen molar-refractivity contribution in [3.63, 3.8) is 0 Å². The predicted molar refractivity (Wildman–Crippen MR) is 113 cm³/mol. The molecule has 1 aromatic heterocycles. The Morgan fingerprint density at radius 3 is 2.46 bits per heavy atom. The molecule has 0 saturated heterocycles. The molecule has 1 N–H and O–H groups in total. The molecule has 0 unspecified atom stereocenters. The lowest BCUT2D eigenvalue weighted by atomic mass is 9.90. The van der Waals surface area contributed by atoms with Gasteiger partial charge in [-0.25, -0.2) is 4.99 Å². The van der Waals surface area contributed by atoms with E-state index in [1.54, 1.807) is 33.9 Å². The molecule has 0 spiro atoms. The lowest BCUT2D eigenvalue weighted by Crippen LogP contribution is -2.31. The third-order valence-electron chi connectivity index (χ3n) is 4.23. The summed E-state index contributed by atoms with van der Waals surface area (Å²) >= 11 is 12.3. The second-order valence-corrected chi connectivity index (χ2v) is 9.58. The van der Waals surface area contributed by atoms with Crippen molar-refractivity contribution in [3.05, 3.63) is 56.0 Å². The number of methoxy groups -OCH3 is 1. The largest absolute Gasteiger partial charge is 0.497 e. The molecular weight excluding hydrogens is 407 g/mol. The van der Waals surface area contributed by atoms with Crippen LogP contribution in [-0.2, 0) is 5.54 Å². The smallest absolute Gasteiger partial charge is 0.135 e. The van der Waals surface area contributed by atoms with Crippen LogP contribution in [-0.4, -0.2) is 7.11 Å². The lowest BCUT2D eigenvalue weighted by Gasteiger charge is -2.33. The maximum Gasteiger partial charge on any atom is 0.135 e. The summed E-state index contributed by atoms with van der Waals surface area (Å²) in [7, 11) is 5.08. The highest BCUT2D eigenvalue weighted by Crippen LogP contribution is 2.46. The Bertz CT molecular complexity index is 1050. The number of ether oxygens (including phenoxy) is 1. The molecule has 3 nitrogen and oxygen atoms in total. The molecule has 2 heterocycles. The zero-order valence-corrected chi connectivity index (χ0v) is 17.5. The topological polar surface area (TPSA) is 33.6 Å². The average molecular weight is 423 g/mol. The fourth-order valence-corrected chi connectivity index (χ4v) is 6.52. The molecule has 26 heavy (non-hydrogen) atoms. The van der Waals surface area contributed by atoms with Crippen molar-refractivity contribution in [2.75, 3.05) is 12.4 Å². The molecule has 0 atom stereocenters. The number of fused-ring (bicyclic) bond motifs is 3. The van der Waals surface area contributed by atoms with Crippen LogP contribution >= 0.6 is 43.9 Å². The van der Waals surface area contributed by atoms with Gasteiger partial charge in [-0.3, -0.25) is 0 Å². The number of nitrogens with zero attached hydrogens (tertiary/aromatic N) is 1. The minimum Gasteiger partial charge on any atom is -0.497 e. The molecule has 1 aliphatic rings. The van der Waals surface area contributed by atoms with Gasteiger partial charge in [0.2, 0.25) is 0 Å². The molecule has 0 saturated carbocycles. The van der Waals surface area contributed by atoms with Crippen LogP contribution in [0.25, 0.3) is 11.1 Å². The monoisotopic (exact) mass is 422 g/mol. The molecule has 7 heteroatoms. The zero-order valence-electron chi connectivity index (χ0n) is 14.4. The maximum atomic E-state index is 6.13. The number of hydrogen-bond acceptors (Lipinski definition) is 5. The van der Waals surface area contributed by atoms with Crippen LogP contribution in [0.2, 0.25) is 10.0 Å². The standard InChI is InChI=1S/C19H16Cl2N2OS2/c1-19(2)17-16(14-9-13(24-3)4-5-15(14)23-19)18(26-25-17)22-12-7-10(20)6-11(21)8-12/h4-9,23H,1-3H3. The highest BCUT2D eigenvalue weighted by Gasteiger charge is 2.33. The Hall–Kier alpha value is -1.53. The van der Waals surface area contributed by atoms with E-state index >= 15 is 0 Å². The van der Waals surface area contributed by atoms with E-state index in [1.165, 1.54) is 4.88 Å². The molecule has 0 radical (unpaired) electrons. The van der Waals surface area contributed by atoms with E-state index in [-0.39, 0.29) is 5.54 Å². The number of hydrogen-bond donors (Lipinski definition) is 1. The molecular formula is C19H16Cl2N2OS2. The Morgan fingerprint density at radius 2 is 1.77 bits per heavy atom. The summed E-state index contributed by atoms with van der Waals surface area (Å²) in [5.74, 6) is 0.823. The summed E-state index contributed by atoms with van der Waals surface area (Å²) in [6.45, 7) is 4.37. The van der Waals surface area contributed by atoms with Gasteiger partial charge in [0, 0.05) is 26.9 Å². The van der Waals surface area contributed by atoms with Crippen LogP contribution in [0, 0.1) is 0 Å². The third-order valence-corrected chi connectivity index (χ3v) is 7.31. The minimum atomic E-state index is -0.169. The molecule has 0 fully saturated rings. The second-order valence-electron chi connectivity index (χ2n) is 6.58. The SMILES string of the molecule is COc1ccc2c(c1)-c1c(ssc1=Nc1cc(Cl)cc(Cl)c1)C(C)(C)N2. The number of rotatable bonds is 2. The van der Waals surface area contributed by atoms with Gasteiger partial charge in [0.15, 0.2) is 0 Å². The van der Waals surface area contributed by atoms with Crippen LogP contribution in [0.15, 0.2) is 41.4 Å². The van der Waals surface area contributed by atoms with Crippen molar-refractivity contribution < 1.29 is 4.74 Å². The van der Waals surface area contributed by atoms with Gasteiger partial charge in [-0.1, -0.05) is 43.9 Å². The lowest BCUT2D eigenvalue weighted by molar-refractivity contribution is 0.415. The molecule has 2 aromatic carbocycles.